The zero-order valence-electron chi connectivity index (χ0n) is 14.6. The molecule has 0 radical (unpaired) electrons. The van der Waals surface area contributed by atoms with Crippen molar-refractivity contribution >= 4 is 12.4 Å². The van der Waals surface area contributed by atoms with Crippen molar-refractivity contribution in [3.8, 4) is 0 Å². The van der Waals surface area contributed by atoms with Gasteiger partial charge in [-0.05, 0) is 5.56 Å². The molecule has 0 saturated carbocycles. The quantitative estimate of drug-likeness (QED) is 0.881. The van der Waals surface area contributed by atoms with E-state index in [0.29, 0.717) is 6.54 Å². The van der Waals surface area contributed by atoms with Crippen LogP contribution in [-0.4, -0.2) is 27.8 Å². The van der Waals surface area contributed by atoms with Crippen LogP contribution in [0.1, 0.15) is 37.6 Å². The lowest BCUT2D eigenvalue weighted by molar-refractivity contribution is 0.262. The molecule has 2 N–H and O–H groups in total. The molecule has 0 spiro atoms. The molecule has 0 aliphatic rings. The summed E-state index contributed by atoms with van der Waals surface area (Å²) in [5.74, 6) is 0. The van der Waals surface area contributed by atoms with Gasteiger partial charge in [0.05, 0.1) is 5.69 Å². The zero-order valence-corrected chi connectivity index (χ0v) is 15.4. The summed E-state index contributed by atoms with van der Waals surface area (Å²) in [5.41, 5.74) is 9.64. The van der Waals surface area contributed by atoms with Gasteiger partial charge in [0.25, 0.3) is 0 Å². The lowest BCUT2D eigenvalue weighted by atomic mass is 9.89. The molecule has 1 aromatic carbocycles. The molecule has 0 saturated heterocycles. The molecule has 23 heavy (non-hydrogen) atoms. The lowest BCUT2D eigenvalue weighted by Crippen LogP contribution is -2.29. The summed E-state index contributed by atoms with van der Waals surface area (Å²) >= 11 is 0. The third-order valence-electron chi connectivity index (χ3n) is 3.70. The maximum absolute atomic E-state index is 5.80. The Morgan fingerprint density at radius 1 is 1.13 bits per heavy atom. The fourth-order valence-corrected chi connectivity index (χ4v) is 2.76. The molecule has 0 aliphatic carbocycles. The van der Waals surface area contributed by atoms with Crippen LogP contribution < -0.4 is 5.73 Å². The van der Waals surface area contributed by atoms with Crippen LogP contribution >= 0.6 is 12.4 Å². The van der Waals surface area contributed by atoms with E-state index in [-0.39, 0.29) is 17.8 Å². The molecular formula is C18H29ClN4. The van der Waals surface area contributed by atoms with Gasteiger partial charge >= 0.3 is 0 Å². The van der Waals surface area contributed by atoms with E-state index in [1.54, 1.807) is 0 Å². The predicted molar refractivity (Wildman–Crippen MR) is 98.8 cm³/mol. The summed E-state index contributed by atoms with van der Waals surface area (Å²) < 4.78 is 1.92. The molecule has 0 aliphatic heterocycles. The van der Waals surface area contributed by atoms with Crippen molar-refractivity contribution in [3.63, 3.8) is 0 Å². The van der Waals surface area contributed by atoms with Crippen LogP contribution in [0.3, 0.4) is 0 Å². The molecule has 1 aromatic heterocycles. The summed E-state index contributed by atoms with van der Waals surface area (Å²) in [6.07, 6.45) is 2.13. The summed E-state index contributed by atoms with van der Waals surface area (Å²) in [6.45, 7) is 9.98. The Balaban J connectivity index is 0.00000264. The monoisotopic (exact) mass is 336 g/mol. The standard InChI is InChI=1S/C18H28N4.ClH/c1-18(2,3)17-16(13-21(4)20-17)14-22(11-10-19)12-15-8-6-5-7-9-15;/h5-9,13H,10-12,14,19H2,1-4H3;1H. The second-order valence-electron chi connectivity index (χ2n) is 6.91. The number of hydrogen-bond acceptors (Lipinski definition) is 3. The molecular weight excluding hydrogens is 308 g/mol. The number of rotatable bonds is 6. The maximum atomic E-state index is 5.80. The number of hydrogen-bond donors (Lipinski definition) is 1. The fourth-order valence-electron chi connectivity index (χ4n) is 2.76. The largest absolute Gasteiger partial charge is 0.329 e. The minimum Gasteiger partial charge on any atom is -0.329 e. The van der Waals surface area contributed by atoms with Gasteiger partial charge in [0.15, 0.2) is 0 Å². The normalized spacial score (nSPS) is 11.6. The second kappa shape index (κ2) is 8.48. The SMILES string of the molecule is Cl.Cn1cc(CN(CCN)Cc2ccccc2)c(C(C)(C)C)n1. The van der Waals surface area contributed by atoms with Gasteiger partial charge in [-0.2, -0.15) is 5.10 Å². The van der Waals surface area contributed by atoms with Crippen LogP contribution in [0.15, 0.2) is 36.5 Å². The van der Waals surface area contributed by atoms with Crippen molar-refractivity contribution in [2.24, 2.45) is 12.8 Å². The number of benzene rings is 1. The van der Waals surface area contributed by atoms with Crippen molar-refractivity contribution in [2.45, 2.75) is 39.3 Å². The van der Waals surface area contributed by atoms with Crippen LogP contribution in [0.4, 0.5) is 0 Å². The van der Waals surface area contributed by atoms with Crippen LogP contribution in [0, 0.1) is 0 Å². The molecule has 0 atom stereocenters. The molecule has 2 rings (SSSR count). The maximum Gasteiger partial charge on any atom is 0.0722 e. The highest BCUT2D eigenvalue weighted by molar-refractivity contribution is 5.85. The van der Waals surface area contributed by atoms with Gasteiger partial charge in [-0.15, -0.1) is 12.4 Å². The number of halogens is 1. The fraction of sp³-hybridized carbons (Fsp3) is 0.500. The average Bonchev–Trinajstić information content (AvgIpc) is 2.81. The lowest BCUT2D eigenvalue weighted by Gasteiger charge is -2.24. The van der Waals surface area contributed by atoms with E-state index in [1.165, 1.54) is 16.8 Å². The Labute approximate surface area is 146 Å². The summed E-state index contributed by atoms with van der Waals surface area (Å²) in [5, 5.41) is 4.66. The van der Waals surface area contributed by atoms with Gasteiger partial charge in [-0.3, -0.25) is 9.58 Å². The molecule has 1 heterocycles. The van der Waals surface area contributed by atoms with Gasteiger partial charge in [0.2, 0.25) is 0 Å². The highest BCUT2D eigenvalue weighted by Crippen LogP contribution is 2.25. The second-order valence-corrected chi connectivity index (χ2v) is 6.91. The summed E-state index contributed by atoms with van der Waals surface area (Å²) in [7, 11) is 1.99. The molecule has 0 bridgehead atoms. The Kier molecular flexibility index (Phi) is 7.26. The molecule has 0 amide bonds. The Hall–Kier alpha value is -1.36. The molecule has 128 valence electrons. The van der Waals surface area contributed by atoms with Gasteiger partial charge < -0.3 is 5.73 Å². The minimum atomic E-state index is 0. The van der Waals surface area contributed by atoms with Gasteiger partial charge in [-0.1, -0.05) is 51.1 Å². The van der Waals surface area contributed by atoms with E-state index >= 15 is 0 Å². The molecule has 4 nitrogen and oxygen atoms in total. The van der Waals surface area contributed by atoms with Gasteiger partial charge in [-0.25, -0.2) is 0 Å². The van der Waals surface area contributed by atoms with Crippen molar-refractivity contribution in [3.05, 3.63) is 53.3 Å². The van der Waals surface area contributed by atoms with Crippen molar-refractivity contribution in [2.75, 3.05) is 13.1 Å². The predicted octanol–water partition coefficient (Wildman–Crippen LogP) is 3.10. The Morgan fingerprint density at radius 3 is 2.35 bits per heavy atom. The van der Waals surface area contributed by atoms with Crippen LogP contribution in [0.5, 0.6) is 0 Å². The first kappa shape index (κ1) is 19.7. The summed E-state index contributed by atoms with van der Waals surface area (Å²) in [4.78, 5) is 2.39. The highest BCUT2D eigenvalue weighted by Gasteiger charge is 2.23. The number of nitrogens with two attached hydrogens (primary N) is 1. The first-order valence-electron chi connectivity index (χ1n) is 7.89. The van der Waals surface area contributed by atoms with E-state index in [0.717, 1.165) is 19.6 Å². The molecule has 0 fully saturated rings. The molecule has 2 aromatic rings. The van der Waals surface area contributed by atoms with E-state index in [9.17, 15) is 0 Å². The van der Waals surface area contributed by atoms with Gasteiger partial charge in [0.1, 0.15) is 0 Å². The third kappa shape index (κ3) is 5.65. The zero-order chi connectivity index (χ0) is 16.2. The average molecular weight is 337 g/mol. The first-order valence-corrected chi connectivity index (χ1v) is 7.89. The van der Waals surface area contributed by atoms with E-state index < -0.39 is 0 Å². The minimum absolute atomic E-state index is 0. The van der Waals surface area contributed by atoms with Crippen molar-refractivity contribution < 1.29 is 0 Å². The first-order chi connectivity index (χ1) is 10.4. The van der Waals surface area contributed by atoms with Crippen molar-refractivity contribution in [1.82, 2.24) is 14.7 Å². The van der Waals surface area contributed by atoms with Crippen LogP contribution in [-0.2, 0) is 25.6 Å². The number of nitrogens with zero attached hydrogens (tertiary/aromatic N) is 3. The number of aryl methyl sites for hydroxylation is 1. The van der Waals surface area contributed by atoms with Gasteiger partial charge in [0, 0.05) is 50.4 Å². The van der Waals surface area contributed by atoms with E-state index in [2.05, 4.69) is 67.3 Å². The highest BCUT2D eigenvalue weighted by atomic mass is 35.5. The van der Waals surface area contributed by atoms with Crippen LogP contribution in [0.25, 0.3) is 0 Å². The molecule has 0 unspecified atom stereocenters. The third-order valence-corrected chi connectivity index (χ3v) is 3.70. The number of aromatic nitrogens is 2. The van der Waals surface area contributed by atoms with Crippen LogP contribution in [0.2, 0.25) is 0 Å². The topological polar surface area (TPSA) is 47.1 Å². The molecule has 5 heteroatoms. The van der Waals surface area contributed by atoms with Crippen molar-refractivity contribution in [1.29, 1.82) is 0 Å². The smallest absolute Gasteiger partial charge is 0.0722 e. The van der Waals surface area contributed by atoms with E-state index in [1.807, 2.05) is 11.7 Å². The van der Waals surface area contributed by atoms with E-state index in [4.69, 9.17) is 5.73 Å². The Morgan fingerprint density at radius 2 is 1.78 bits per heavy atom. The summed E-state index contributed by atoms with van der Waals surface area (Å²) in [6, 6.07) is 10.5. The Bertz CT molecular complexity index is 587.